The molecule has 1 aromatic rings. The van der Waals surface area contributed by atoms with E-state index >= 15 is 0 Å². The summed E-state index contributed by atoms with van der Waals surface area (Å²) >= 11 is 0. The fourth-order valence-electron chi connectivity index (χ4n) is 2.32. The number of nitrogens with one attached hydrogen (secondary N) is 1. The van der Waals surface area contributed by atoms with Crippen molar-refractivity contribution in [2.45, 2.75) is 47.0 Å². The van der Waals surface area contributed by atoms with E-state index in [0.717, 1.165) is 36.3 Å². The molecule has 1 atom stereocenters. The van der Waals surface area contributed by atoms with Crippen LogP contribution in [0.3, 0.4) is 0 Å². The van der Waals surface area contributed by atoms with Gasteiger partial charge in [-0.2, -0.15) is 0 Å². The molecule has 4 nitrogen and oxygen atoms in total. The van der Waals surface area contributed by atoms with Crippen LogP contribution in [0.1, 0.15) is 46.1 Å². The van der Waals surface area contributed by atoms with Gasteiger partial charge in [0, 0.05) is 12.5 Å². The summed E-state index contributed by atoms with van der Waals surface area (Å²) in [5.41, 5.74) is 1.13. The van der Waals surface area contributed by atoms with E-state index < -0.39 is 0 Å². The first-order valence-corrected chi connectivity index (χ1v) is 8.28. The molecule has 0 heterocycles. The maximum Gasteiger partial charge on any atom is 0.222 e. The molecule has 1 rings (SSSR count). The summed E-state index contributed by atoms with van der Waals surface area (Å²) in [6, 6.07) is 5.95. The van der Waals surface area contributed by atoms with Gasteiger partial charge in [0.15, 0.2) is 11.5 Å². The van der Waals surface area contributed by atoms with Crippen LogP contribution in [-0.4, -0.2) is 25.7 Å². The number of ether oxygens (including phenoxy) is 2. The molecule has 124 valence electrons. The standard InChI is InChI=1S/C18H29NO3/c1-5-8-14(4)18(20)19-12-11-15-9-10-16(21-6-2)17(13-15)22-7-3/h9-10,13-14H,5-8,11-12H2,1-4H3,(H,19,20). The number of carbonyl (C=O) groups excluding carboxylic acids is 1. The molecule has 0 radical (unpaired) electrons. The Bertz CT molecular complexity index is 460. The van der Waals surface area contributed by atoms with Crippen molar-refractivity contribution in [2.75, 3.05) is 19.8 Å². The summed E-state index contributed by atoms with van der Waals surface area (Å²) in [7, 11) is 0. The second-order valence-electron chi connectivity index (χ2n) is 5.38. The molecule has 4 heteroatoms. The lowest BCUT2D eigenvalue weighted by Gasteiger charge is -2.13. The van der Waals surface area contributed by atoms with E-state index in [2.05, 4.69) is 12.2 Å². The minimum absolute atomic E-state index is 0.0873. The van der Waals surface area contributed by atoms with Crippen LogP contribution < -0.4 is 14.8 Å². The van der Waals surface area contributed by atoms with Crippen LogP contribution >= 0.6 is 0 Å². The van der Waals surface area contributed by atoms with Crippen LogP contribution in [-0.2, 0) is 11.2 Å². The topological polar surface area (TPSA) is 47.6 Å². The van der Waals surface area contributed by atoms with E-state index in [1.54, 1.807) is 0 Å². The van der Waals surface area contributed by atoms with Crippen LogP contribution in [0.4, 0.5) is 0 Å². The molecule has 1 aromatic carbocycles. The molecule has 0 spiro atoms. The summed E-state index contributed by atoms with van der Waals surface area (Å²) in [5.74, 6) is 1.77. The third kappa shape index (κ3) is 5.96. The average Bonchev–Trinajstić information content (AvgIpc) is 2.50. The highest BCUT2D eigenvalue weighted by atomic mass is 16.5. The monoisotopic (exact) mass is 307 g/mol. The summed E-state index contributed by atoms with van der Waals surface area (Å²) in [4.78, 5) is 11.9. The van der Waals surface area contributed by atoms with E-state index in [0.29, 0.717) is 19.8 Å². The maximum absolute atomic E-state index is 11.9. The first-order chi connectivity index (χ1) is 10.6. The molecule has 1 unspecified atom stereocenters. The molecule has 0 aliphatic carbocycles. The highest BCUT2D eigenvalue weighted by Gasteiger charge is 2.11. The lowest BCUT2D eigenvalue weighted by Crippen LogP contribution is -2.30. The Morgan fingerprint density at radius 3 is 2.45 bits per heavy atom. The lowest BCUT2D eigenvalue weighted by molar-refractivity contribution is -0.124. The fraction of sp³-hybridized carbons (Fsp3) is 0.611. The zero-order valence-electron chi connectivity index (χ0n) is 14.3. The number of hydrogen-bond donors (Lipinski definition) is 1. The number of rotatable bonds is 10. The van der Waals surface area contributed by atoms with Gasteiger partial charge >= 0.3 is 0 Å². The third-order valence-corrected chi connectivity index (χ3v) is 3.49. The molecule has 0 saturated carbocycles. The Morgan fingerprint density at radius 1 is 1.14 bits per heavy atom. The average molecular weight is 307 g/mol. The molecule has 0 bridgehead atoms. The number of amides is 1. The summed E-state index contributed by atoms with van der Waals surface area (Å²) in [6.07, 6.45) is 2.76. The smallest absolute Gasteiger partial charge is 0.222 e. The molecule has 0 aliphatic rings. The van der Waals surface area contributed by atoms with Crippen LogP contribution in [0, 0.1) is 5.92 Å². The van der Waals surface area contributed by atoms with E-state index in [4.69, 9.17) is 9.47 Å². The van der Waals surface area contributed by atoms with Crippen LogP contribution in [0.5, 0.6) is 11.5 Å². The van der Waals surface area contributed by atoms with Gasteiger partial charge < -0.3 is 14.8 Å². The SMILES string of the molecule is CCCC(C)C(=O)NCCc1ccc(OCC)c(OCC)c1. The first-order valence-electron chi connectivity index (χ1n) is 8.28. The number of carbonyl (C=O) groups is 1. The van der Waals surface area contributed by atoms with Crippen LogP contribution in [0.25, 0.3) is 0 Å². The van der Waals surface area contributed by atoms with Crippen molar-refractivity contribution in [3.05, 3.63) is 23.8 Å². The third-order valence-electron chi connectivity index (χ3n) is 3.49. The molecule has 1 N–H and O–H groups in total. The van der Waals surface area contributed by atoms with E-state index in [-0.39, 0.29) is 11.8 Å². The van der Waals surface area contributed by atoms with Gasteiger partial charge in [-0.25, -0.2) is 0 Å². The Balaban J connectivity index is 2.55. The Labute approximate surface area is 134 Å². The fourth-order valence-corrected chi connectivity index (χ4v) is 2.32. The molecule has 0 aromatic heterocycles. The largest absolute Gasteiger partial charge is 0.490 e. The van der Waals surface area contributed by atoms with Crippen molar-refractivity contribution < 1.29 is 14.3 Å². The predicted octanol–water partition coefficient (Wildman–Crippen LogP) is 3.58. The van der Waals surface area contributed by atoms with Gasteiger partial charge in [-0.3, -0.25) is 4.79 Å². The van der Waals surface area contributed by atoms with E-state index in [1.165, 1.54) is 0 Å². The molecular formula is C18H29NO3. The van der Waals surface area contributed by atoms with Gasteiger partial charge in [0.2, 0.25) is 5.91 Å². The summed E-state index contributed by atoms with van der Waals surface area (Å²) in [6.45, 7) is 9.85. The van der Waals surface area contributed by atoms with Gasteiger partial charge in [-0.1, -0.05) is 26.3 Å². The molecule has 0 aliphatic heterocycles. The molecule has 0 saturated heterocycles. The minimum Gasteiger partial charge on any atom is -0.490 e. The van der Waals surface area contributed by atoms with Crippen molar-refractivity contribution in [2.24, 2.45) is 5.92 Å². The zero-order valence-corrected chi connectivity index (χ0v) is 14.3. The minimum atomic E-state index is 0.0873. The first kappa shape index (κ1) is 18.3. The zero-order chi connectivity index (χ0) is 16.4. The highest BCUT2D eigenvalue weighted by Crippen LogP contribution is 2.28. The molecule has 22 heavy (non-hydrogen) atoms. The van der Waals surface area contributed by atoms with Gasteiger partial charge in [0.05, 0.1) is 13.2 Å². The molecule has 0 fully saturated rings. The van der Waals surface area contributed by atoms with Crippen molar-refractivity contribution >= 4 is 5.91 Å². The molecule has 1 amide bonds. The Kier molecular flexibility index (Phi) is 8.41. The lowest BCUT2D eigenvalue weighted by atomic mass is 10.1. The summed E-state index contributed by atoms with van der Waals surface area (Å²) in [5, 5.41) is 3.00. The van der Waals surface area contributed by atoms with Gasteiger partial charge in [0.25, 0.3) is 0 Å². The second kappa shape index (κ2) is 10.1. The van der Waals surface area contributed by atoms with Crippen molar-refractivity contribution in [3.8, 4) is 11.5 Å². The van der Waals surface area contributed by atoms with E-state index in [1.807, 2.05) is 39.0 Å². The quantitative estimate of drug-likeness (QED) is 0.719. The van der Waals surface area contributed by atoms with Crippen molar-refractivity contribution in [1.29, 1.82) is 0 Å². The summed E-state index contributed by atoms with van der Waals surface area (Å²) < 4.78 is 11.2. The van der Waals surface area contributed by atoms with Crippen LogP contribution in [0.15, 0.2) is 18.2 Å². The number of benzene rings is 1. The number of hydrogen-bond acceptors (Lipinski definition) is 3. The van der Waals surface area contributed by atoms with Crippen molar-refractivity contribution in [3.63, 3.8) is 0 Å². The van der Waals surface area contributed by atoms with Crippen LogP contribution in [0.2, 0.25) is 0 Å². The van der Waals surface area contributed by atoms with Gasteiger partial charge in [0.1, 0.15) is 0 Å². The van der Waals surface area contributed by atoms with Crippen molar-refractivity contribution in [1.82, 2.24) is 5.32 Å². The Hall–Kier alpha value is -1.71. The van der Waals surface area contributed by atoms with Gasteiger partial charge in [-0.05, 0) is 44.4 Å². The molecular weight excluding hydrogens is 278 g/mol. The predicted molar refractivity (Wildman–Crippen MR) is 89.6 cm³/mol. The highest BCUT2D eigenvalue weighted by molar-refractivity contribution is 5.78. The van der Waals surface area contributed by atoms with E-state index in [9.17, 15) is 4.79 Å². The second-order valence-corrected chi connectivity index (χ2v) is 5.38. The van der Waals surface area contributed by atoms with Gasteiger partial charge in [-0.15, -0.1) is 0 Å². The maximum atomic E-state index is 11.9. The normalized spacial score (nSPS) is 11.8. The Morgan fingerprint density at radius 2 is 1.82 bits per heavy atom.